The normalized spacial score (nSPS) is 10.7. The summed E-state index contributed by atoms with van der Waals surface area (Å²) in [7, 11) is 1.46. The molecular weight excluding hydrogens is 326 g/mol. The summed E-state index contributed by atoms with van der Waals surface area (Å²) >= 11 is 0. The Labute approximate surface area is 143 Å². The van der Waals surface area contributed by atoms with Gasteiger partial charge in [-0.2, -0.15) is 0 Å². The van der Waals surface area contributed by atoms with Gasteiger partial charge in [0.2, 0.25) is 0 Å². The molecule has 25 heavy (non-hydrogen) atoms. The number of nitrogens with one attached hydrogen (secondary N) is 1. The van der Waals surface area contributed by atoms with E-state index in [1.165, 1.54) is 31.5 Å². The van der Waals surface area contributed by atoms with Crippen LogP contribution in [0.15, 0.2) is 35.3 Å². The Morgan fingerprint density at radius 2 is 1.92 bits per heavy atom. The number of aliphatic imine (C=N–C) groups is 1. The molecule has 0 atom stereocenters. The SMILES string of the molecule is CNC(=O)Oc1cc(C)c(N=Cc2cc([N+](=O)[O-])ccc2O)c(C)c1. The van der Waals surface area contributed by atoms with Crippen LogP contribution in [0.1, 0.15) is 16.7 Å². The van der Waals surface area contributed by atoms with Gasteiger partial charge in [-0.05, 0) is 43.2 Å². The third-order valence-corrected chi connectivity index (χ3v) is 3.43. The molecule has 0 saturated heterocycles. The van der Waals surface area contributed by atoms with E-state index < -0.39 is 11.0 Å². The molecule has 8 heteroatoms. The second-order valence-electron chi connectivity index (χ2n) is 5.30. The third-order valence-electron chi connectivity index (χ3n) is 3.43. The molecule has 0 unspecified atom stereocenters. The molecule has 0 heterocycles. The summed E-state index contributed by atoms with van der Waals surface area (Å²) in [5.74, 6) is 0.274. The molecule has 2 aromatic carbocycles. The highest BCUT2D eigenvalue weighted by atomic mass is 16.6. The molecule has 0 aromatic heterocycles. The van der Waals surface area contributed by atoms with Gasteiger partial charge < -0.3 is 15.2 Å². The van der Waals surface area contributed by atoms with Gasteiger partial charge in [0.1, 0.15) is 11.5 Å². The Kier molecular flexibility index (Phi) is 5.33. The van der Waals surface area contributed by atoms with Crippen molar-refractivity contribution in [1.82, 2.24) is 5.32 Å². The number of phenols is 1. The summed E-state index contributed by atoms with van der Waals surface area (Å²) in [6, 6.07) is 7.02. The Hall–Kier alpha value is -3.42. The first-order valence-electron chi connectivity index (χ1n) is 7.34. The van der Waals surface area contributed by atoms with Crippen LogP contribution in [0, 0.1) is 24.0 Å². The fourth-order valence-corrected chi connectivity index (χ4v) is 2.23. The number of non-ortho nitro benzene ring substituents is 1. The monoisotopic (exact) mass is 343 g/mol. The summed E-state index contributed by atoms with van der Waals surface area (Å²) in [5.41, 5.74) is 2.22. The van der Waals surface area contributed by atoms with Crippen LogP contribution in [0.3, 0.4) is 0 Å². The molecule has 0 aliphatic rings. The second kappa shape index (κ2) is 7.43. The van der Waals surface area contributed by atoms with Crippen molar-refractivity contribution in [3.63, 3.8) is 0 Å². The van der Waals surface area contributed by atoms with Crippen molar-refractivity contribution in [1.29, 1.82) is 0 Å². The number of nitro benzene ring substituents is 1. The number of hydrogen-bond donors (Lipinski definition) is 2. The van der Waals surface area contributed by atoms with Gasteiger partial charge in [-0.15, -0.1) is 0 Å². The van der Waals surface area contributed by atoms with E-state index in [9.17, 15) is 20.0 Å². The lowest BCUT2D eigenvalue weighted by Crippen LogP contribution is -2.22. The Balaban J connectivity index is 2.34. The lowest BCUT2D eigenvalue weighted by molar-refractivity contribution is -0.384. The number of benzene rings is 2. The standard InChI is InChI=1S/C17H17N3O5/c1-10-6-14(25-17(22)18-3)7-11(2)16(10)19-9-12-8-13(20(23)24)4-5-15(12)21/h4-9,21H,1-3H3,(H,18,22). The maximum absolute atomic E-state index is 11.3. The second-order valence-corrected chi connectivity index (χ2v) is 5.30. The Bertz CT molecular complexity index is 838. The molecule has 0 radical (unpaired) electrons. The number of ether oxygens (including phenoxy) is 1. The van der Waals surface area contributed by atoms with Crippen molar-refractivity contribution in [2.24, 2.45) is 4.99 Å². The van der Waals surface area contributed by atoms with Crippen LogP contribution >= 0.6 is 0 Å². The summed E-state index contributed by atoms with van der Waals surface area (Å²) in [4.78, 5) is 25.9. The molecule has 0 fully saturated rings. The van der Waals surface area contributed by atoms with Crippen LogP contribution in [0.25, 0.3) is 0 Å². The van der Waals surface area contributed by atoms with Crippen molar-refractivity contribution in [2.45, 2.75) is 13.8 Å². The van der Waals surface area contributed by atoms with Gasteiger partial charge in [0.15, 0.2) is 0 Å². The largest absolute Gasteiger partial charge is 0.507 e. The zero-order chi connectivity index (χ0) is 18.6. The number of carbonyl (C=O) groups is 1. The van der Waals surface area contributed by atoms with E-state index >= 15 is 0 Å². The number of rotatable bonds is 4. The van der Waals surface area contributed by atoms with Gasteiger partial charge in [-0.25, -0.2) is 4.79 Å². The highest BCUT2D eigenvalue weighted by Crippen LogP contribution is 2.29. The minimum Gasteiger partial charge on any atom is -0.507 e. The summed E-state index contributed by atoms with van der Waals surface area (Å²) in [5, 5.41) is 23.0. The fraction of sp³-hybridized carbons (Fsp3) is 0.176. The first kappa shape index (κ1) is 17.9. The van der Waals surface area contributed by atoms with Gasteiger partial charge in [-0.1, -0.05) is 0 Å². The zero-order valence-corrected chi connectivity index (χ0v) is 13.9. The van der Waals surface area contributed by atoms with E-state index in [1.54, 1.807) is 26.0 Å². The van der Waals surface area contributed by atoms with E-state index in [0.29, 0.717) is 11.4 Å². The summed E-state index contributed by atoms with van der Waals surface area (Å²) in [6.45, 7) is 3.59. The zero-order valence-electron chi connectivity index (χ0n) is 13.9. The van der Waals surface area contributed by atoms with Crippen molar-refractivity contribution in [3.05, 3.63) is 57.1 Å². The molecule has 2 rings (SSSR count). The third kappa shape index (κ3) is 4.31. The highest BCUT2D eigenvalue weighted by molar-refractivity contribution is 5.87. The first-order chi connectivity index (χ1) is 11.8. The predicted molar refractivity (Wildman–Crippen MR) is 93.0 cm³/mol. The van der Waals surface area contributed by atoms with Gasteiger partial charge in [0, 0.05) is 31.0 Å². The number of nitrogens with zero attached hydrogens (tertiary/aromatic N) is 2. The Morgan fingerprint density at radius 3 is 2.48 bits per heavy atom. The van der Waals surface area contributed by atoms with Crippen LogP contribution in [0.4, 0.5) is 16.2 Å². The van der Waals surface area contributed by atoms with Crippen molar-refractivity contribution in [3.8, 4) is 11.5 Å². The Morgan fingerprint density at radius 1 is 1.28 bits per heavy atom. The fourth-order valence-electron chi connectivity index (χ4n) is 2.23. The number of carbonyl (C=O) groups excluding carboxylic acids is 1. The topological polar surface area (TPSA) is 114 Å². The van der Waals surface area contributed by atoms with E-state index in [4.69, 9.17) is 4.74 Å². The summed E-state index contributed by atoms with van der Waals surface area (Å²) in [6.07, 6.45) is 0.785. The average Bonchev–Trinajstić information content (AvgIpc) is 2.55. The number of nitro groups is 1. The number of phenolic OH excluding ortho intramolecular Hbond substituents is 1. The molecule has 0 aliphatic carbocycles. The molecule has 0 bridgehead atoms. The molecule has 2 aromatic rings. The van der Waals surface area contributed by atoms with Crippen LogP contribution in [-0.2, 0) is 0 Å². The highest BCUT2D eigenvalue weighted by Gasteiger charge is 2.10. The molecule has 2 N–H and O–H groups in total. The van der Waals surface area contributed by atoms with E-state index in [2.05, 4.69) is 10.3 Å². The predicted octanol–water partition coefficient (Wildman–Crippen LogP) is 3.39. The molecular formula is C17H17N3O5. The van der Waals surface area contributed by atoms with Crippen molar-refractivity contribution in [2.75, 3.05) is 7.05 Å². The van der Waals surface area contributed by atoms with E-state index in [1.807, 2.05) is 0 Å². The molecule has 1 amide bonds. The molecule has 130 valence electrons. The van der Waals surface area contributed by atoms with Crippen LogP contribution in [0.2, 0.25) is 0 Å². The van der Waals surface area contributed by atoms with Gasteiger partial charge >= 0.3 is 6.09 Å². The van der Waals surface area contributed by atoms with Gasteiger partial charge in [0.25, 0.3) is 5.69 Å². The maximum Gasteiger partial charge on any atom is 0.412 e. The quantitative estimate of drug-likeness (QED) is 0.502. The van der Waals surface area contributed by atoms with Crippen LogP contribution in [-0.4, -0.2) is 29.4 Å². The van der Waals surface area contributed by atoms with Crippen molar-refractivity contribution < 1.29 is 19.6 Å². The summed E-state index contributed by atoms with van der Waals surface area (Å²) < 4.78 is 5.09. The lowest BCUT2D eigenvalue weighted by atomic mass is 10.1. The number of aromatic hydroxyl groups is 1. The minimum absolute atomic E-state index is 0.107. The number of amides is 1. The van der Waals surface area contributed by atoms with E-state index in [0.717, 1.165) is 11.1 Å². The minimum atomic E-state index is -0.573. The van der Waals surface area contributed by atoms with Crippen LogP contribution < -0.4 is 10.1 Å². The molecule has 8 nitrogen and oxygen atoms in total. The van der Waals surface area contributed by atoms with E-state index in [-0.39, 0.29) is 17.0 Å². The average molecular weight is 343 g/mol. The van der Waals surface area contributed by atoms with Crippen LogP contribution in [0.5, 0.6) is 11.5 Å². The van der Waals surface area contributed by atoms with Gasteiger partial charge in [0.05, 0.1) is 10.6 Å². The van der Waals surface area contributed by atoms with Gasteiger partial charge in [-0.3, -0.25) is 15.1 Å². The number of aryl methyl sites for hydroxylation is 2. The molecule has 0 saturated carbocycles. The molecule has 0 spiro atoms. The van der Waals surface area contributed by atoms with Crippen molar-refractivity contribution >= 4 is 23.7 Å². The first-order valence-corrected chi connectivity index (χ1v) is 7.34. The molecule has 0 aliphatic heterocycles. The number of hydrogen-bond acceptors (Lipinski definition) is 6. The lowest BCUT2D eigenvalue weighted by Gasteiger charge is -2.09. The smallest absolute Gasteiger partial charge is 0.412 e. The maximum atomic E-state index is 11.3.